The monoisotopic (exact) mass is 215 g/mol. The van der Waals surface area contributed by atoms with Gasteiger partial charge in [0.1, 0.15) is 0 Å². The first-order valence-corrected chi connectivity index (χ1v) is 5.56. The summed E-state index contributed by atoms with van der Waals surface area (Å²) >= 11 is 0. The van der Waals surface area contributed by atoms with Gasteiger partial charge in [0, 0.05) is 0 Å². The van der Waals surface area contributed by atoms with Gasteiger partial charge >= 0.3 is 5.97 Å². The zero-order valence-corrected chi connectivity index (χ0v) is 9.44. The predicted octanol–water partition coefficient (Wildman–Crippen LogP) is 0.976. The maximum atomic E-state index is 10.8. The lowest BCUT2D eigenvalue weighted by Crippen LogP contribution is -2.57. The molecule has 1 rings (SSSR count). The van der Waals surface area contributed by atoms with Gasteiger partial charge in [0.05, 0.1) is 5.54 Å². The van der Waals surface area contributed by atoms with Crippen LogP contribution >= 0.6 is 0 Å². The number of nitrogens with two attached hydrogens (primary N) is 1. The van der Waals surface area contributed by atoms with E-state index in [0.717, 1.165) is 12.8 Å². The van der Waals surface area contributed by atoms with Crippen molar-refractivity contribution in [1.82, 2.24) is 0 Å². The van der Waals surface area contributed by atoms with Crippen LogP contribution in [0.2, 0.25) is 0 Å². The minimum Gasteiger partial charge on any atom is -0.479 e. The van der Waals surface area contributed by atoms with Crippen molar-refractivity contribution in [2.24, 2.45) is 17.6 Å². The summed E-state index contributed by atoms with van der Waals surface area (Å²) in [5.41, 5.74) is 5.07. The summed E-state index contributed by atoms with van der Waals surface area (Å²) in [6.45, 7) is 4.23. The molecule has 0 saturated heterocycles. The van der Waals surface area contributed by atoms with Crippen LogP contribution in [0.25, 0.3) is 0 Å². The van der Waals surface area contributed by atoms with Crippen LogP contribution in [0.3, 0.4) is 0 Å². The van der Waals surface area contributed by atoms with Gasteiger partial charge in [-0.1, -0.05) is 26.7 Å². The summed E-state index contributed by atoms with van der Waals surface area (Å²) in [5.74, 6) is -0.283. The number of aliphatic hydroxyl groups is 1. The lowest BCUT2D eigenvalue weighted by molar-refractivity contribution is -0.152. The van der Waals surface area contributed by atoms with Crippen LogP contribution in [-0.2, 0) is 4.79 Å². The number of hydrogen-bond donors (Lipinski definition) is 3. The van der Waals surface area contributed by atoms with Crippen molar-refractivity contribution < 1.29 is 15.0 Å². The van der Waals surface area contributed by atoms with Gasteiger partial charge in [0.2, 0.25) is 0 Å². The minimum absolute atomic E-state index is 0.428. The van der Waals surface area contributed by atoms with Gasteiger partial charge in [-0.15, -0.1) is 0 Å². The second-order valence-electron chi connectivity index (χ2n) is 5.07. The van der Waals surface area contributed by atoms with Crippen LogP contribution in [0.5, 0.6) is 0 Å². The van der Waals surface area contributed by atoms with Gasteiger partial charge in [-0.25, -0.2) is 4.79 Å². The molecule has 0 amide bonds. The fourth-order valence-electron chi connectivity index (χ4n) is 2.45. The fourth-order valence-corrected chi connectivity index (χ4v) is 2.45. The Labute approximate surface area is 90.5 Å². The second-order valence-corrected chi connectivity index (χ2v) is 5.07. The van der Waals surface area contributed by atoms with Crippen LogP contribution in [0.4, 0.5) is 0 Å². The highest BCUT2D eigenvalue weighted by Gasteiger charge is 2.42. The first-order valence-electron chi connectivity index (χ1n) is 5.56. The summed E-state index contributed by atoms with van der Waals surface area (Å²) in [5, 5.41) is 18.4. The highest BCUT2D eigenvalue weighted by Crippen LogP contribution is 2.36. The molecule has 0 aromatic heterocycles. The Morgan fingerprint density at radius 3 is 2.60 bits per heavy atom. The average Bonchev–Trinajstić information content (AvgIpc) is 2.16. The molecule has 3 unspecified atom stereocenters. The molecule has 1 fully saturated rings. The lowest BCUT2D eigenvalue weighted by atomic mass is 9.70. The van der Waals surface area contributed by atoms with E-state index in [9.17, 15) is 9.90 Å². The largest absolute Gasteiger partial charge is 0.479 e. The third kappa shape index (κ3) is 2.69. The van der Waals surface area contributed by atoms with E-state index in [-0.39, 0.29) is 0 Å². The highest BCUT2D eigenvalue weighted by molar-refractivity contribution is 5.73. The fraction of sp³-hybridized carbons (Fsp3) is 0.909. The van der Waals surface area contributed by atoms with Gasteiger partial charge in [0.15, 0.2) is 6.10 Å². The minimum atomic E-state index is -1.43. The first kappa shape index (κ1) is 12.5. The summed E-state index contributed by atoms with van der Waals surface area (Å²) in [7, 11) is 0. The molecule has 0 radical (unpaired) electrons. The molecule has 1 saturated carbocycles. The Bertz CT molecular complexity index is 242. The number of carboxylic acid groups (broad SMARTS) is 1. The molecule has 4 nitrogen and oxygen atoms in total. The molecule has 0 heterocycles. The maximum absolute atomic E-state index is 10.8. The van der Waals surface area contributed by atoms with Gasteiger partial charge in [-0.05, 0) is 24.7 Å². The molecular formula is C11H21NO3. The van der Waals surface area contributed by atoms with Gasteiger partial charge in [0.25, 0.3) is 0 Å². The Kier molecular flexibility index (Phi) is 3.73. The molecule has 1 aliphatic rings. The lowest BCUT2D eigenvalue weighted by Gasteiger charge is -2.41. The summed E-state index contributed by atoms with van der Waals surface area (Å²) in [6.07, 6.45) is 1.77. The molecule has 0 aliphatic heterocycles. The third-order valence-corrected chi connectivity index (χ3v) is 3.58. The summed E-state index contributed by atoms with van der Waals surface area (Å²) < 4.78 is 0. The van der Waals surface area contributed by atoms with E-state index in [0.29, 0.717) is 24.7 Å². The van der Waals surface area contributed by atoms with Crippen LogP contribution in [-0.4, -0.2) is 27.8 Å². The van der Waals surface area contributed by atoms with Gasteiger partial charge in [-0.2, -0.15) is 0 Å². The number of carbonyl (C=O) groups is 1. The standard InChI is InChI=1S/C11H21NO3/c1-7(2)8-4-3-5-11(12,6-8)9(13)10(14)15/h7-9,13H,3-6,12H2,1-2H3,(H,14,15). The van der Waals surface area contributed by atoms with Crippen molar-refractivity contribution >= 4 is 5.97 Å². The molecule has 4 N–H and O–H groups in total. The molecule has 1 aliphatic carbocycles. The highest BCUT2D eigenvalue weighted by atomic mass is 16.4. The second kappa shape index (κ2) is 4.49. The normalized spacial score (nSPS) is 34.1. The molecule has 4 heteroatoms. The maximum Gasteiger partial charge on any atom is 0.334 e. The summed E-state index contributed by atoms with van der Waals surface area (Å²) in [4.78, 5) is 10.8. The van der Waals surface area contributed by atoms with Crippen LogP contribution < -0.4 is 5.73 Å². The van der Waals surface area contributed by atoms with E-state index in [1.807, 2.05) is 0 Å². The number of aliphatic hydroxyl groups excluding tert-OH is 1. The molecule has 88 valence electrons. The number of hydrogen-bond acceptors (Lipinski definition) is 3. The van der Waals surface area contributed by atoms with Crippen molar-refractivity contribution in [3.63, 3.8) is 0 Å². The molecule has 0 aromatic carbocycles. The van der Waals surface area contributed by atoms with E-state index in [1.54, 1.807) is 0 Å². The quantitative estimate of drug-likeness (QED) is 0.655. The van der Waals surface area contributed by atoms with E-state index < -0.39 is 17.6 Å². The zero-order chi connectivity index (χ0) is 11.6. The molecule has 0 aromatic rings. The van der Waals surface area contributed by atoms with Crippen LogP contribution in [0.1, 0.15) is 39.5 Å². The molecule has 15 heavy (non-hydrogen) atoms. The SMILES string of the molecule is CC(C)C1CCCC(N)(C(O)C(=O)O)C1. The molecular weight excluding hydrogens is 194 g/mol. The topological polar surface area (TPSA) is 83.5 Å². The van der Waals surface area contributed by atoms with E-state index >= 15 is 0 Å². The van der Waals surface area contributed by atoms with E-state index in [2.05, 4.69) is 13.8 Å². The Hall–Kier alpha value is -0.610. The van der Waals surface area contributed by atoms with Crippen molar-refractivity contribution in [3.05, 3.63) is 0 Å². The van der Waals surface area contributed by atoms with Crippen LogP contribution in [0, 0.1) is 11.8 Å². The zero-order valence-electron chi connectivity index (χ0n) is 9.44. The molecule has 3 atom stereocenters. The average molecular weight is 215 g/mol. The smallest absolute Gasteiger partial charge is 0.334 e. The van der Waals surface area contributed by atoms with E-state index in [1.165, 1.54) is 0 Å². The first-order chi connectivity index (χ1) is 6.87. The predicted molar refractivity (Wildman–Crippen MR) is 57.4 cm³/mol. The van der Waals surface area contributed by atoms with Crippen molar-refractivity contribution in [3.8, 4) is 0 Å². The van der Waals surface area contributed by atoms with Crippen molar-refractivity contribution in [1.29, 1.82) is 0 Å². The van der Waals surface area contributed by atoms with Crippen LogP contribution in [0.15, 0.2) is 0 Å². The van der Waals surface area contributed by atoms with Gasteiger partial charge < -0.3 is 15.9 Å². The number of rotatable bonds is 3. The Morgan fingerprint density at radius 1 is 1.53 bits per heavy atom. The number of aliphatic carboxylic acids is 1. The van der Waals surface area contributed by atoms with Crippen molar-refractivity contribution in [2.45, 2.75) is 51.2 Å². The number of carboxylic acids is 1. The molecule has 0 spiro atoms. The Morgan fingerprint density at radius 2 is 2.13 bits per heavy atom. The molecule has 0 bridgehead atoms. The van der Waals surface area contributed by atoms with Crippen molar-refractivity contribution in [2.75, 3.05) is 0 Å². The summed E-state index contributed by atoms with van der Waals surface area (Å²) in [6, 6.07) is 0. The van der Waals surface area contributed by atoms with Gasteiger partial charge in [-0.3, -0.25) is 0 Å². The third-order valence-electron chi connectivity index (χ3n) is 3.58. The Balaban J connectivity index is 2.72. The van der Waals surface area contributed by atoms with E-state index in [4.69, 9.17) is 10.8 Å².